The van der Waals surface area contributed by atoms with Gasteiger partial charge in [0.15, 0.2) is 0 Å². The summed E-state index contributed by atoms with van der Waals surface area (Å²) in [5, 5.41) is 5.35. The Balaban J connectivity index is 2.06. The van der Waals surface area contributed by atoms with Crippen molar-refractivity contribution in [1.82, 2.24) is 24.7 Å². The van der Waals surface area contributed by atoms with Crippen LogP contribution in [-0.4, -0.2) is 24.7 Å². The third-order valence-electron chi connectivity index (χ3n) is 3.73. The van der Waals surface area contributed by atoms with Crippen LogP contribution in [0, 0.1) is 5.82 Å². The molecular weight excluding hydrogens is 363 g/mol. The Morgan fingerprint density at radius 2 is 2.17 bits per heavy atom. The topological polar surface area (TPSA) is 85.4 Å². The normalized spacial score (nSPS) is 11.6. The summed E-state index contributed by atoms with van der Waals surface area (Å²) in [7, 11) is 0. The number of hydrogen-bond donors (Lipinski definition) is 2. The molecule has 0 bridgehead atoms. The van der Waals surface area contributed by atoms with Crippen molar-refractivity contribution in [3.63, 3.8) is 0 Å². The van der Waals surface area contributed by atoms with E-state index in [1.54, 1.807) is 16.9 Å². The number of aryl methyl sites for hydroxylation is 1. The van der Waals surface area contributed by atoms with Crippen molar-refractivity contribution in [2.24, 2.45) is 0 Å². The van der Waals surface area contributed by atoms with Crippen molar-refractivity contribution in [3.8, 4) is 11.3 Å². The fraction of sp³-hybridized carbons (Fsp3) is 0.133. The summed E-state index contributed by atoms with van der Waals surface area (Å²) in [4.78, 5) is 11.6. The molecule has 6 nitrogen and oxygen atoms in total. The van der Waals surface area contributed by atoms with Gasteiger partial charge in [-0.15, -0.1) is 0 Å². The van der Waals surface area contributed by atoms with E-state index in [-0.39, 0.29) is 11.8 Å². The number of fused-ring (bicyclic) bond motifs is 2. The molecule has 3 aromatic heterocycles. The molecule has 0 saturated heterocycles. The summed E-state index contributed by atoms with van der Waals surface area (Å²) in [5.74, 6) is -0.146. The SMILES string of the molecule is CCn1cc2nc(N)nc(-c3c[nH]c4cc(F)c(Br)cc34)c2n1. The lowest BCUT2D eigenvalue weighted by atomic mass is 10.1. The number of nitrogens with one attached hydrogen (secondary N) is 1. The van der Waals surface area contributed by atoms with Crippen LogP contribution in [0.15, 0.2) is 29.0 Å². The van der Waals surface area contributed by atoms with E-state index in [9.17, 15) is 4.39 Å². The molecule has 0 amide bonds. The van der Waals surface area contributed by atoms with E-state index in [4.69, 9.17) is 5.73 Å². The van der Waals surface area contributed by atoms with E-state index >= 15 is 0 Å². The third-order valence-corrected chi connectivity index (χ3v) is 4.34. The molecule has 0 radical (unpaired) electrons. The first-order valence-electron chi connectivity index (χ1n) is 7.04. The number of nitrogens with two attached hydrogens (primary N) is 1. The lowest BCUT2D eigenvalue weighted by Gasteiger charge is -2.02. The second-order valence-electron chi connectivity index (χ2n) is 5.16. The Morgan fingerprint density at radius 3 is 2.96 bits per heavy atom. The predicted molar refractivity (Wildman–Crippen MR) is 90.4 cm³/mol. The zero-order valence-corrected chi connectivity index (χ0v) is 13.7. The molecular formula is C15H12BrFN6. The fourth-order valence-corrected chi connectivity index (χ4v) is 2.98. The molecule has 0 spiro atoms. The second-order valence-corrected chi connectivity index (χ2v) is 6.02. The zero-order valence-electron chi connectivity index (χ0n) is 12.1. The minimum absolute atomic E-state index is 0.179. The van der Waals surface area contributed by atoms with Crippen molar-refractivity contribution in [1.29, 1.82) is 0 Å². The highest BCUT2D eigenvalue weighted by atomic mass is 79.9. The highest BCUT2D eigenvalue weighted by Crippen LogP contribution is 2.34. The monoisotopic (exact) mass is 374 g/mol. The van der Waals surface area contributed by atoms with Crippen LogP contribution in [0.4, 0.5) is 10.3 Å². The number of nitrogen functional groups attached to an aromatic ring is 1. The summed E-state index contributed by atoms with van der Waals surface area (Å²) < 4.78 is 15.9. The van der Waals surface area contributed by atoms with Gasteiger partial charge in [0.25, 0.3) is 0 Å². The van der Waals surface area contributed by atoms with Crippen molar-refractivity contribution >= 4 is 43.8 Å². The van der Waals surface area contributed by atoms with E-state index in [0.29, 0.717) is 26.7 Å². The molecule has 0 saturated carbocycles. The van der Waals surface area contributed by atoms with Gasteiger partial charge >= 0.3 is 0 Å². The van der Waals surface area contributed by atoms with Crippen LogP contribution in [0.2, 0.25) is 0 Å². The van der Waals surface area contributed by atoms with Crippen LogP contribution in [0.5, 0.6) is 0 Å². The van der Waals surface area contributed by atoms with Gasteiger partial charge in [-0.25, -0.2) is 14.4 Å². The number of hydrogen-bond acceptors (Lipinski definition) is 4. The molecule has 3 heterocycles. The molecule has 0 fully saturated rings. The Kier molecular flexibility index (Phi) is 3.08. The number of rotatable bonds is 2. The molecule has 3 N–H and O–H groups in total. The summed E-state index contributed by atoms with van der Waals surface area (Å²) in [6.07, 6.45) is 3.62. The van der Waals surface area contributed by atoms with Gasteiger partial charge in [-0.05, 0) is 35.0 Å². The number of halogens is 2. The predicted octanol–water partition coefficient (Wildman–Crippen LogP) is 3.48. The number of anilines is 1. The number of aromatic amines is 1. The van der Waals surface area contributed by atoms with E-state index in [1.165, 1.54) is 6.07 Å². The van der Waals surface area contributed by atoms with Crippen LogP contribution in [0.3, 0.4) is 0 Å². The molecule has 4 aromatic rings. The molecule has 0 unspecified atom stereocenters. The van der Waals surface area contributed by atoms with Crippen molar-refractivity contribution < 1.29 is 4.39 Å². The Morgan fingerprint density at radius 1 is 1.35 bits per heavy atom. The lowest BCUT2D eigenvalue weighted by Crippen LogP contribution is -1.97. The summed E-state index contributed by atoms with van der Waals surface area (Å²) in [5.41, 5.74) is 9.31. The van der Waals surface area contributed by atoms with E-state index in [2.05, 4.69) is 36.0 Å². The smallest absolute Gasteiger partial charge is 0.221 e. The van der Waals surface area contributed by atoms with Gasteiger partial charge in [-0.3, -0.25) is 4.68 Å². The number of benzene rings is 1. The molecule has 23 heavy (non-hydrogen) atoms. The first-order valence-corrected chi connectivity index (χ1v) is 7.83. The minimum atomic E-state index is -0.325. The highest BCUT2D eigenvalue weighted by molar-refractivity contribution is 9.10. The number of aromatic nitrogens is 5. The number of nitrogens with zero attached hydrogens (tertiary/aromatic N) is 4. The summed E-state index contributed by atoms with van der Waals surface area (Å²) in [6.45, 7) is 2.72. The van der Waals surface area contributed by atoms with Crippen LogP contribution in [0.1, 0.15) is 6.92 Å². The van der Waals surface area contributed by atoms with Gasteiger partial charge in [-0.2, -0.15) is 5.10 Å². The van der Waals surface area contributed by atoms with Gasteiger partial charge < -0.3 is 10.7 Å². The van der Waals surface area contributed by atoms with E-state index in [0.717, 1.165) is 17.5 Å². The maximum Gasteiger partial charge on any atom is 0.221 e. The molecule has 8 heteroatoms. The van der Waals surface area contributed by atoms with Crippen LogP contribution < -0.4 is 5.73 Å². The fourth-order valence-electron chi connectivity index (χ4n) is 2.64. The van der Waals surface area contributed by atoms with Gasteiger partial charge in [0.1, 0.15) is 22.5 Å². The molecule has 0 atom stereocenters. The minimum Gasteiger partial charge on any atom is -0.368 e. The largest absolute Gasteiger partial charge is 0.368 e. The van der Waals surface area contributed by atoms with E-state index < -0.39 is 0 Å². The second kappa shape index (κ2) is 5.02. The molecule has 116 valence electrons. The first-order chi connectivity index (χ1) is 11.1. The van der Waals surface area contributed by atoms with Crippen LogP contribution in [0.25, 0.3) is 33.2 Å². The lowest BCUT2D eigenvalue weighted by molar-refractivity contribution is 0.623. The molecule has 4 rings (SSSR count). The third kappa shape index (κ3) is 2.17. The zero-order chi connectivity index (χ0) is 16.1. The van der Waals surface area contributed by atoms with Gasteiger partial charge in [-0.1, -0.05) is 0 Å². The van der Waals surface area contributed by atoms with Gasteiger partial charge in [0.2, 0.25) is 5.95 Å². The maximum atomic E-state index is 13.7. The van der Waals surface area contributed by atoms with Gasteiger partial charge in [0, 0.05) is 29.2 Å². The van der Waals surface area contributed by atoms with Gasteiger partial charge in [0.05, 0.1) is 10.7 Å². The van der Waals surface area contributed by atoms with Crippen molar-refractivity contribution in [3.05, 3.63) is 34.8 Å². The number of H-pyrrole nitrogens is 1. The Bertz CT molecular complexity index is 1050. The highest BCUT2D eigenvalue weighted by Gasteiger charge is 2.17. The van der Waals surface area contributed by atoms with Crippen molar-refractivity contribution in [2.45, 2.75) is 13.5 Å². The van der Waals surface area contributed by atoms with Crippen LogP contribution in [-0.2, 0) is 6.54 Å². The quantitative estimate of drug-likeness (QED) is 0.562. The standard InChI is InChI=1S/C15H12BrFN6/c1-2-23-6-12-14(22-23)13(21-15(18)20-12)8-5-19-11-4-10(17)9(16)3-7(8)11/h3-6,19H,2H2,1H3,(H2,18,20). The molecule has 0 aliphatic rings. The Labute approximate surface area is 138 Å². The maximum absolute atomic E-state index is 13.7. The molecule has 0 aliphatic carbocycles. The Hall–Kier alpha value is -2.48. The van der Waals surface area contributed by atoms with Crippen LogP contribution >= 0.6 is 15.9 Å². The molecule has 0 aliphatic heterocycles. The summed E-state index contributed by atoms with van der Waals surface area (Å²) >= 11 is 3.22. The van der Waals surface area contributed by atoms with E-state index in [1.807, 2.05) is 13.1 Å². The average molecular weight is 375 g/mol. The average Bonchev–Trinajstić information content (AvgIpc) is 3.10. The van der Waals surface area contributed by atoms with Crippen molar-refractivity contribution in [2.75, 3.05) is 5.73 Å². The summed E-state index contributed by atoms with van der Waals surface area (Å²) in [6, 6.07) is 3.16. The first kappa shape index (κ1) is 14.1. The molecule has 1 aromatic carbocycles.